The molecule has 1 aliphatic rings. The van der Waals surface area contributed by atoms with E-state index in [-0.39, 0.29) is 0 Å². The second kappa shape index (κ2) is 11.4. The van der Waals surface area contributed by atoms with Gasteiger partial charge in [-0.3, -0.25) is 23.4 Å². The Kier molecular flexibility index (Phi) is 9.13. The molecule has 20 heteroatoms. The van der Waals surface area contributed by atoms with Crippen LogP contribution in [0.4, 0.5) is 0 Å². The lowest BCUT2D eigenvalue weighted by Crippen LogP contribution is -2.37. The van der Waals surface area contributed by atoms with Gasteiger partial charge in [0.2, 0.25) is 0 Å². The van der Waals surface area contributed by atoms with Crippen LogP contribution in [0.2, 0.25) is 0 Å². The number of nitrogens with zero attached hydrogens (tertiary/aromatic N) is 1. The summed E-state index contributed by atoms with van der Waals surface area (Å²) in [5.74, 6) is 0.331. The van der Waals surface area contributed by atoms with Gasteiger partial charge < -0.3 is 34.4 Å². The van der Waals surface area contributed by atoms with Crippen molar-refractivity contribution < 1.29 is 61.2 Å². The summed E-state index contributed by atoms with van der Waals surface area (Å²) < 4.78 is 60.6. The normalized spacial score (nSPS) is 26.6. The van der Waals surface area contributed by atoms with Crippen LogP contribution in [-0.4, -0.2) is 66.0 Å². The van der Waals surface area contributed by atoms with E-state index < -0.39 is 70.9 Å². The number of aromatic nitrogens is 2. The predicted octanol–water partition coefficient (Wildman–Crippen LogP) is -0.684. The van der Waals surface area contributed by atoms with Gasteiger partial charge in [-0.05, 0) is 31.2 Å². The first-order chi connectivity index (χ1) is 17.1. The zero-order valence-corrected chi connectivity index (χ0v) is 21.5. The molecule has 1 aliphatic heterocycles. The quantitative estimate of drug-likeness (QED) is 0.178. The van der Waals surface area contributed by atoms with Crippen LogP contribution in [-0.2, 0) is 31.6 Å². The van der Waals surface area contributed by atoms with Gasteiger partial charge in [0.15, 0.2) is 6.23 Å². The van der Waals surface area contributed by atoms with E-state index in [9.17, 15) is 48.2 Å². The molecule has 1 aromatic carbocycles. The van der Waals surface area contributed by atoms with Gasteiger partial charge >= 0.3 is 28.9 Å². The number of ether oxygens (including phenoxy) is 2. The summed E-state index contributed by atoms with van der Waals surface area (Å²) in [4.78, 5) is 54.6. The molecule has 1 saturated heterocycles. The molecule has 37 heavy (non-hydrogen) atoms. The van der Waals surface area contributed by atoms with E-state index >= 15 is 0 Å². The minimum atomic E-state index is -5.70. The first-order valence-corrected chi connectivity index (χ1v) is 14.8. The van der Waals surface area contributed by atoms with Crippen LogP contribution >= 0.6 is 23.2 Å². The van der Waals surface area contributed by atoms with Crippen molar-refractivity contribution in [3.63, 3.8) is 0 Å². The molecule has 1 fully saturated rings. The van der Waals surface area contributed by atoms with Gasteiger partial charge in [-0.1, -0.05) is 0 Å². The molecule has 206 valence electrons. The molecule has 17 nitrogen and oxygen atoms in total. The van der Waals surface area contributed by atoms with E-state index in [2.05, 4.69) is 13.1 Å². The lowest BCUT2D eigenvalue weighted by Gasteiger charge is -2.20. The molecule has 0 bridgehead atoms. The zero-order chi connectivity index (χ0) is 27.6. The fourth-order valence-electron chi connectivity index (χ4n) is 3.15. The van der Waals surface area contributed by atoms with Crippen LogP contribution in [0.1, 0.15) is 13.2 Å². The maximum atomic E-state index is 12.4. The number of phosphoric ester groups is 1. The fraction of sp³-hybridized carbons (Fsp3) is 0.412. The van der Waals surface area contributed by atoms with E-state index in [1.807, 2.05) is 4.98 Å². The van der Waals surface area contributed by atoms with Gasteiger partial charge in [-0.2, -0.15) is 4.31 Å². The highest BCUT2D eigenvalue weighted by Gasteiger charge is 2.47. The Morgan fingerprint density at radius 3 is 2.22 bits per heavy atom. The maximum absolute atomic E-state index is 12.4. The highest BCUT2D eigenvalue weighted by Crippen LogP contribution is 2.67. The summed E-state index contributed by atoms with van der Waals surface area (Å²) in [5.41, 5.74) is -1.72. The van der Waals surface area contributed by atoms with Crippen molar-refractivity contribution in [1.82, 2.24) is 9.55 Å². The minimum absolute atomic E-state index is 0.312. The average Bonchev–Trinajstić information content (AvgIpc) is 3.05. The number of phosphoric acid groups is 2. The zero-order valence-electron chi connectivity index (χ0n) is 18.8. The van der Waals surface area contributed by atoms with E-state index in [1.54, 1.807) is 6.92 Å². The Labute approximate surface area is 207 Å². The SMILES string of the molecule is CCOc1ccc(P(=O)(O)OP(=O)(O)OP(=O)(O)OC[C@H]2O[C@@H](n3ccc(=O)[nH]c3=O)C(O)[C@H]2O)cc1. The third kappa shape index (κ3) is 7.54. The fourth-order valence-corrected chi connectivity index (χ4v) is 7.12. The topological polar surface area (TPSA) is 253 Å². The summed E-state index contributed by atoms with van der Waals surface area (Å²) in [5, 5.41) is 19.8. The predicted molar refractivity (Wildman–Crippen MR) is 122 cm³/mol. The van der Waals surface area contributed by atoms with Crippen molar-refractivity contribution >= 4 is 28.5 Å². The number of aliphatic hydroxyl groups excluding tert-OH is 2. The van der Waals surface area contributed by atoms with Crippen molar-refractivity contribution in [3.8, 4) is 5.75 Å². The molecular formula is C17H23N2O15P3. The summed E-state index contributed by atoms with van der Waals surface area (Å²) in [6.07, 6.45) is -5.65. The number of aliphatic hydroxyl groups is 2. The molecule has 0 radical (unpaired) electrons. The van der Waals surface area contributed by atoms with Crippen LogP contribution in [0, 0.1) is 0 Å². The number of rotatable bonds is 11. The van der Waals surface area contributed by atoms with Crippen molar-refractivity contribution in [2.45, 2.75) is 31.5 Å². The molecule has 0 saturated carbocycles. The number of hydrogen-bond acceptors (Lipinski definition) is 12. The molecule has 2 aromatic rings. The third-order valence-corrected chi connectivity index (χ3v) is 9.55. The summed E-state index contributed by atoms with van der Waals surface area (Å²) in [6, 6.07) is 5.63. The summed E-state index contributed by atoms with van der Waals surface area (Å²) in [6.45, 7) is 0.999. The minimum Gasteiger partial charge on any atom is -0.494 e. The monoisotopic (exact) mass is 588 g/mol. The van der Waals surface area contributed by atoms with Crippen LogP contribution in [0.5, 0.6) is 5.75 Å². The smallest absolute Gasteiger partial charge is 0.488 e. The van der Waals surface area contributed by atoms with Gasteiger partial charge in [0.25, 0.3) is 5.56 Å². The first kappa shape index (κ1) is 29.6. The Bertz CT molecular complexity index is 1360. The average molecular weight is 588 g/mol. The number of hydrogen-bond donors (Lipinski definition) is 6. The number of nitrogens with one attached hydrogen (secondary N) is 1. The Morgan fingerprint density at radius 1 is 0.973 bits per heavy atom. The van der Waals surface area contributed by atoms with Gasteiger partial charge in [-0.25, -0.2) is 18.2 Å². The standard InChI is InChI=1S/C17H23N2O15P3/c1-2-30-10-3-5-11(6-4-10)35(24,25)33-37(28,29)34-36(26,27)31-9-12-14(21)15(22)16(32-12)19-8-7-13(20)18-17(19)23/h3-8,12,14-16,21-22H,2,9H2,1H3,(H,24,25)(H,26,27)(H,28,29)(H,18,20,23)/t12-,14+,15?,16-/m1/s1. The van der Waals surface area contributed by atoms with Gasteiger partial charge in [0, 0.05) is 12.3 Å². The molecule has 1 aromatic heterocycles. The van der Waals surface area contributed by atoms with Crippen LogP contribution in [0.3, 0.4) is 0 Å². The van der Waals surface area contributed by atoms with Crippen LogP contribution in [0.25, 0.3) is 0 Å². The van der Waals surface area contributed by atoms with E-state index in [4.69, 9.17) is 9.47 Å². The van der Waals surface area contributed by atoms with Crippen molar-refractivity contribution in [2.75, 3.05) is 13.2 Å². The van der Waals surface area contributed by atoms with Gasteiger partial charge in [0.05, 0.1) is 18.5 Å². The lowest BCUT2D eigenvalue weighted by molar-refractivity contribution is -0.0542. The lowest BCUT2D eigenvalue weighted by atomic mass is 10.1. The first-order valence-electron chi connectivity index (χ1n) is 10.3. The molecular weight excluding hydrogens is 565 g/mol. The molecule has 7 atom stereocenters. The van der Waals surface area contributed by atoms with Crippen LogP contribution < -0.4 is 21.3 Å². The van der Waals surface area contributed by atoms with Crippen molar-refractivity contribution in [1.29, 1.82) is 0 Å². The largest absolute Gasteiger partial charge is 0.494 e. The highest BCUT2D eigenvalue weighted by molar-refractivity contribution is 7.71. The Hall–Kier alpha value is -1.97. The Morgan fingerprint density at radius 2 is 1.62 bits per heavy atom. The van der Waals surface area contributed by atoms with E-state index in [1.165, 1.54) is 12.1 Å². The van der Waals surface area contributed by atoms with Crippen LogP contribution in [0.15, 0.2) is 46.1 Å². The van der Waals surface area contributed by atoms with Crippen molar-refractivity contribution in [3.05, 3.63) is 57.4 Å². The molecule has 0 amide bonds. The third-order valence-electron chi connectivity index (χ3n) is 4.76. The summed E-state index contributed by atoms with van der Waals surface area (Å²) >= 11 is 0. The van der Waals surface area contributed by atoms with E-state index in [0.29, 0.717) is 12.4 Å². The highest BCUT2D eigenvalue weighted by atomic mass is 31.3. The molecule has 0 aliphatic carbocycles. The second-order valence-corrected chi connectivity index (χ2v) is 12.4. The molecule has 0 spiro atoms. The maximum Gasteiger partial charge on any atom is 0.488 e. The van der Waals surface area contributed by atoms with Gasteiger partial charge in [-0.15, -0.1) is 0 Å². The van der Waals surface area contributed by atoms with Gasteiger partial charge in [0.1, 0.15) is 24.1 Å². The summed E-state index contributed by atoms with van der Waals surface area (Å²) in [7, 11) is -16.2. The molecule has 2 heterocycles. The number of H-pyrrole nitrogens is 1. The van der Waals surface area contributed by atoms with Crippen molar-refractivity contribution in [2.24, 2.45) is 0 Å². The van der Waals surface area contributed by atoms with E-state index in [0.717, 1.165) is 29.0 Å². The number of aromatic amines is 1. The number of benzene rings is 1. The second-order valence-electron chi connectivity index (χ2n) is 7.41. The Balaban J connectivity index is 1.63. The molecule has 4 unspecified atom stereocenters. The molecule has 6 N–H and O–H groups in total. The molecule has 3 rings (SSSR count).